The number of benzene rings is 2. The van der Waals surface area contributed by atoms with Crippen molar-refractivity contribution in [3.8, 4) is 11.4 Å². The molecular formula is C16H10N2P2S6. The quantitative estimate of drug-likeness (QED) is 0.198. The third-order valence-electron chi connectivity index (χ3n) is 4.76. The van der Waals surface area contributed by atoms with Crippen molar-refractivity contribution in [1.82, 2.24) is 8.68 Å². The van der Waals surface area contributed by atoms with Gasteiger partial charge in [0.25, 0.3) is 0 Å². The molecule has 0 spiro atoms. The minimum Gasteiger partial charge on any atom is -0.293 e. The maximum Gasteiger partial charge on any atom is 0.149 e. The molecule has 0 aliphatic carbocycles. The van der Waals surface area contributed by atoms with Gasteiger partial charge < -0.3 is 0 Å². The highest BCUT2D eigenvalue weighted by molar-refractivity contribution is 8.97. The van der Waals surface area contributed by atoms with E-state index in [1.54, 1.807) is 22.8 Å². The second kappa shape index (κ2) is 5.43. The van der Waals surface area contributed by atoms with Gasteiger partial charge in [0.05, 0.1) is 32.2 Å². The van der Waals surface area contributed by atoms with Crippen LogP contribution >= 0.6 is 56.4 Å². The number of aromatic nitrogens is 2. The molecule has 2 aromatic heterocycles. The average molecular weight is 485 g/mol. The van der Waals surface area contributed by atoms with E-state index in [4.69, 9.17) is 48.1 Å². The fraction of sp³-hybridized carbons (Fsp3) is 0. The molecule has 0 saturated heterocycles. The van der Waals surface area contributed by atoms with Gasteiger partial charge in [0.15, 0.2) is 0 Å². The summed E-state index contributed by atoms with van der Waals surface area (Å²) in [5.41, 5.74) is 4.69. The summed E-state index contributed by atoms with van der Waals surface area (Å²) in [4.78, 5) is 2.44. The number of thiol groups is 2. The normalized spacial score (nSPS) is 26.4. The Bertz CT molecular complexity index is 1280. The third kappa shape index (κ3) is 2.03. The Morgan fingerprint density at radius 1 is 0.692 bits per heavy atom. The molecule has 2 aliphatic rings. The van der Waals surface area contributed by atoms with Gasteiger partial charge >= 0.3 is 0 Å². The second-order valence-corrected chi connectivity index (χ2v) is 25.7. The Morgan fingerprint density at radius 2 is 1.08 bits per heavy atom. The number of nitrogens with zero attached hydrogens (tertiary/aromatic N) is 2. The number of rotatable bonds is 0. The van der Waals surface area contributed by atoms with E-state index in [0.717, 1.165) is 11.0 Å². The topological polar surface area (TPSA) is 9.86 Å². The van der Waals surface area contributed by atoms with Crippen LogP contribution in [-0.2, 0) is 23.6 Å². The highest BCUT2D eigenvalue weighted by atomic mass is 33.2. The zero-order valence-corrected chi connectivity index (χ0v) is 19.8. The predicted octanol–water partition coefficient (Wildman–Crippen LogP) is 7.48. The van der Waals surface area contributed by atoms with Gasteiger partial charge in [-0.05, 0) is 12.1 Å². The zero-order valence-electron chi connectivity index (χ0n) is 12.9. The SMILES string of the molecule is S=P1(S)Sc2c3n(c4ccccc24)P(=S)(S)Sc2c-3n1c1ccccc21. The number of fused-ring (bicyclic) bond motifs is 6. The molecule has 0 radical (unpaired) electrons. The molecule has 2 aliphatic heterocycles. The first kappa shape index (κ1) is 17.1. The van der Waals surface area contributed by atoms with Crippen LogP contribution in [0.25, 0.3) is 33.2 Å². The lowest BCUT2D eigenvalue weighted by atomic mass is 10.2. The molecule has 2 atom stereocenters. The van der Waals surface area contributed by atoms with Crippen LogP contribution in [0.15, 0.2) is 58.3 Å². The minimum atomic E-state index is -2.14. The summed E-state index contributed by atoms with van der Waals surface area (Å²) in [5.74, 6) is 0. The number of hydrogen-bond acceptors (Lipinski definition) is 4. The van der Waals surface area contributed by atoms with Crippen molar-refractivity contribution in [2.45, 2.75) is 9.79 Å². The summed E-state index contributed by atoms with van der Waals surface area (Å²) in [7, 11) is 0. The monoisotopic (exact) mass is 484 g/mol. The van der Waals surface area contributed by atoms with Crippen molar-refractivity contribution >= 4 is 102 Å². The molecule has 0 saturated carbocycles. The molecular weight excluding hydrogens is 475 g/mol. The molecule has 0 N–H and O–H groups in total. The molecule has 4 aromatic rings. The van der Waals surface area contributed by atoms with E-state index in [9.17, 15) is 0 Å². The fourth-order valence-electron chi connectivity index (χ4n) is 3.83. The van der Waals surface area contributed by atoms with Crippen molar-refractivity contribution in [1.29, 1.82) is 0 Å². The van der Waals surface area contributed by atoms with E-state index < -0.39 is 9.18 Å². The smallest absolute Gasteiger partial charge is 0.149 e. The molecule has 0 bridgehead atoms. The molecule has 130 valence electrons. The zero-order chi connectivity index (χ0) is 17.8. The van der Waals surface area contributed by atoms with Crippen LogP contribution in [0.5, 0.6) is 0 Å². The molecule has 6 rings (SSSR count). The Hall–Kier alpha value is 0.220. The van der Waals surface area contributed by atoms with Crippen molar-refractivity contribution in [3.63, 3.8) is 0 Å². The lowest BCUT2D eigenvalue weighted by molar-refractivity contribution is 1.19. The van der Waals surface area contributed by atoms with Crippen LogP contribution in [0, 0.1) is 0 Å². The van der Waals surface area contributed by atoms with Gasteiger partial charge in [0.1, 0.15) is 9.18 Å². The Morgan fingerprint density at radius 3 is 1.50 bits per heavy atom. The van der Waals surface area contributed by atoms with E-state index in [1.165, 1.54) is 32.0 Å². The van der Waals surface area contributed by atoms with Gasteiger partial charge in [0, 0.05) is 10.8 Å². The van der Waals surface area contributed by atoms with E-state index >= 15 is 0 Å². The summed E-state index contributed by atoms with van der Waals surface area (Å²) in [5, 5.41) is 2.42. The maximum atomic E-state index is 6.07. The van der Waals surface area contributed by atoms with Crippen molar-refractivity contribution in [2.75, 3.05) is 0 Å². The van der Waals surface area contributed by atoms with E-state index in [-0.39, 0.29) is 0 Å². The summed E-state index contributed by atoms with van der Waals surface area (Å²) in [6.45, 7) is 0. The van der Waals surface area contributed by atoms with Gasteiger partial charge in [-0.2, -0.15) is 0 Å². The molecule has 10 heteroatoms. The fourth-order valence-corrected chi connectivity index (χ4v) is 16.5. The predicted molar refractivity (Wildman–Crippen MR) is 132 cm³/mol. The van der Waals surface area contributed by atoms with Gasteiger partial charge in [0.2, 0.25) is 0 Å². The first-order valence-electron chi connectivity index (χ1n) is 7.74. The molecule has 26 heavy (non-hydrogen) atoms. The Balaban J connectivity index is 1.95. The molecule has 2 aromatic carbocycles. The van der Waals surface area contributed by atoms with E-state index in [0.29, 0.717) is 0 Å². The van der Waals surface area contributed by atoms with Crippen molar-refractivity contribution in [3.05, 3.63) is 48.5 Å². The summed E-state index contributed by atoms with van der Waals surface area (Å²) in [6, 6.07) is 16.9. The van der Waals surface area contributed by atoms with Gasteiger partial charge in [-0.1, -0.05) is 82.8 Å². The number of hydrogen-bond donors (Lipinski definition) is 2. The highest BCUT2D eigenvalue weighted by Gasteiger charge is 2.43. The molecule has 0 fully saturated rings. The van der Waals surface area contributed by atoms with Crippen LogP contribution in [0.3, 0.4) is 0 Å². The first-order chi connectivity index (χ1) is 12.4. The highest BCUT2D eigenvalue weighted by Crippen LogP contribution is 2.82. The lowest BCUT2D eigenvalue weighted by Crippen LogP contribution is -2.05. The van der Waals surface area contributed by atoms with Crippen molar-refractivity contribution in [2.24, 2.45) is 0 Å². The van der Waals surface area contributed by atoms with E-state index in [2.05, 4.69) is 57.2 Å². The summed E-state index contributed by atoms with van der Waals surface area (Å²) >= 11 is 25.6. The largest absolute Gasteiger partial charge is 0.293 e. The van der Waals surface area contributed by atoms with Gasteiger partial charge in [-0.3, -0.25) is 8.68 Å². The maximum absolute atomic E-state index is 6.07. The summed E-state index contributed by atoms with van der Waals surface area (Å²) in [6.07, 6.45) is 0. The third-order valence-corrected chi connectivity index (χ3v) is 16.6. The van der Waals surface area contributed by atoms with Crippen LogP contribution < -0.4 is 0 Å². The average Bonchev–Trinajstić information content (AvgIpc) is 3.09. The number of para-hydroxylation sites is 2. The molecule has 4 heterocycles. The first-order valence-corrected chi connectivity index (χ1v) is 18.4. The molecule has 0 amide bonds. The lowest BCUT2D eigenvalue weighted by Gasteiger charge is -2.32. The van der Waals surface area contributed by atoms with Crippen LogP contribution in [0.2, 0.25) is 0 Å². The van der Waals surface area contributed by atoms with Gasteiger partial charge in [-0.15, -0.1) is 24.5 Å². The minimum absolute atomic E-state index is 1.16. The second-order valence-electron chi connectivity index (χ2n) is 6.18. The Kier molecular flexibility index (Phi) is 3.57. The van der Waals surface area contributed by atoms with Crippen LogP contribution in [0.1, 0.15) is 0 Å². The Labute approximate surface area is 179 Å². The van der Waals surface area contributed by atoms with E-state index in [1.807, 2.05) is 0 Å². The molecule has 2 nitrogen and oxygen atoms in total. The molecule has 2 unspecified atom stereocenters. The van der Waals surface area contributed by atoms with Crippen LogP contribution in [-0.4, -0.2) is 8.68 Å². The van der Waals surface area contributed by atoms with Crippen LogP contribution in [0.4, 0.5) is 0 Å². The van der Waals surface area contributed by atoms with Gasteiger partial charge in [-0.25, -0.2) is 0 Å². The van der Waals surface area contributed by atoms with Crippen molar-refractivity contribution < 1.29 is 0 Å². The standard InChI is InChI=1S/C16H10N2P2S6/c21-19(22)17-11-7-3-1-5-9(11)15-13(17)14-16(26-19)10-6-2-4-8-12(10)18(14)20(23,24)25-15/h1-8H,(H,21,22)(H,23,24). The summed E-state index contributed by atoms with van der Waals surface area (Å²) < 4.78 is 0.309.